The van der Waals surface area contributed by atoms with E-state index >= 15 is 0 Å². The molecule has 0 N–H and O–H groups in total. The Labute approximate surface area is 178 Å². The second-order valence-electron chi connectivity index (χ2n) is 6.66. The van der Waals surface area contributed by atoms with Gasteiger partial charge in [0, 0.05) is 35.0 Å². The van der Waals surface area contributed by atoms with Gasteiger partial charge in [0.05, 0.1) is 0 Å². The first-order valence-corrected chi connectivity index (χ1v) is 9.26. The van der Waals surface area contributed by atoms with Gasteiger partial charge in [-0.05, 0) is 24.3 Å². The Morgan fingerprint density at radius 3 is 1.06 bits per heavy atom. The van der Waals surface area contributed by atoms with Crippen molar-refractivity contribution in [3.63, 3.8) is 0 Å². The zero-order valence-corrected chi connectivity index (χ0v) is 17.0. The summed E-state index contributed by atoms with van der Waals surface area (Å²) in [7, 11) is -7.74. The van der Waals surface area contributed by atoms with E-state index in [9.17, 15) is 34.5 Å². The lowest BCUT2D eigenvalue weighted by Crippen LogP contribution is -2.39. The monoisotopic (exact) mass is 460 g/mol. The second kappa shape index (κ2) is 9.97. The Morgan fingerprint density at radius 2 is 0.750 bits per heavy atom. The molecule has 170 valence electrons. The topological polar surface area (TPSA) is 7.76 Å². The lowest BCUT2D eigenvalue weighted by Gasteiger charge is -2.04. The van der Waals surface area contributed by atoms with Gasteiger partial charge >= 0.3 is 14.5 Å². The number of para-hydroxylation sites is 2. The van der Waals surface area contributed by atoms with Gasteiger partial charge in [0.25, 0.3) is 11.4 Å². The minimum absolute atomic E-state index is 1.21. The van der Waals surface area contributed by atoms with Gasteiger partial charge < -0.3 is 34.5 Å². The van der Waals surface area contributed by atoms with Crippen molar-refractivity contribution < 1.29 is 43.7 Å². The van der Waals surface area contributed by atoms with E-state index in [0.29, 0.717) is 0 Å². The summed E-state index contributed by atoms with van der Waals surface area (Å²) < 4.78 is 82.5. The summed E-state index contributed by atoms with van der Waals surface area (Å²) in [4.78, 5) is 0. The lowest BCUT2D eigenvalue weighted by molar-refractivity contribution is -0.664. The molecule has 0 aliphatic heterocycles. The second-order valence-corrected chi connectivity index (χ2v) is 6.66. The maximum Gasteiger partial charge on any atom is 0.673 e. The SMILES string of the molecule is C[n+]1c(-c2ccc3ccccc3[n+]2C)ccc2ccccc21.F[B-](F)(F)F.F[B-](F)(F)F. The zero-order valence-electron chi connectivity index (χ0n) is 17.0. The molecule has 0 aliphatic rings. The van der Waals surface area contributed by atoms with Crippen molar-refractivity contribution >= 4 is 36.3 Å². The van der Waals surface area contributed by atoms with Gasteiger partial charge in [-0.2, -0.15) is 9.13 Å². The number of hydrogen-bond acceptors (Lipinski definition) is 0. The van der Waals surface area contributed by atoms with E-state index < -0.39 is 14.5 Å². The zero-order chi connectivity index (χ0) is 24.1. The number of halogens is 8. The Hall–Kier alpha value is -3.17. The van der Waals surface area contributed by atoms with E-state index in [-0.39, 0.29) is 0 Å². The summed E-state index contributed by atoms with van der Waals surface area (Å²) >= 11 is 0. The van der Waals surface area contributed by atoms with Gasteiger partial charge in [-0.1, -0.05) is 24.3 Å². The Balaban J connectivity index is 0.000000308. The molecule has 4 aromatic rings. The molecule has 0 radical (unpaired) electrons. The molecule has 32 heavy (non-hydrogen) atoms. The molecule has 4 rings (SSSR count). The van der Waals surface area contributed by atoms with Crippen molar-refractivity contribution in [1.82, 2.24) is 0 Å². The highest BCUT2D eigenvalue weighted by Gasteiger charge is 2.23. The average Bonchev–Trinajstić information content (AvgIpc) is 2.67. The highest BCUT2D eigenvalue weighted by molar-refractivity contribution is 6.50. The van der Waals surface area contributed by atoms with Gasteiger partial charge in [0.15, 0.2) is 0 Å². The van der Waals surface area contributed by atoms with Gasteiger partial charge in [0.2, 0.25) is 11.0 Å². The number of hydrogen-bond donors (Lipinski definition) is 0. The summed E-state index contributed by atoms with van der Waals surface area (Å²) in [6, 6.07) is 25.8. The van der Waals surface area contributed by atoms with E-state index in [1.165, 1.54) is 33.2 Å². The predicted molar refractivity (Wildman–Crippen MR) is 110 cm³/mol. The summed E-state index contributed by atoms with van der Waals surface area (Å²) in [5.74, 6) is 0. The van der Waals surface area contributed by atoms with Gasteiger partial charge in [-0.3, -0.25) is 0 Å². The fourth-order valence-electron chi connectivity index (χ4n) is 3.20. The minimum atomic E-state index is -6.00. The highest BCUT2D eigenvalue weighted by atomic mass is 19.5. The lowest BCUT2D eigenvalue weighted by atomic mass is 10.1. The van der Waals surface area contributed by atoms with Crippen molar-refractivity contribution in [2.75, 3.05) is 0 Å². The average molecular weight is 460 g/mol. The summed E-state index contributed by atoms with van der Waals surface area (Å²) in [6.45, 7) is 0. The summed E-state index contributed by atoms with van der Waals surface area (Å²) in [5.41, 5.74) is 4.92. The largest absolute Gasteiger partial charge is 0.673 e. The third-order valence-corrected chi connectivity index (χ3v) is 4.42. The molecule has 0 aliphatic carbocycles. The Bertz CT molecular complexity index is 1100. The normalized spacial score (nSPS) is 11.4. The Kier molecular flexibility index (Phi) is 7.82. The molecule has 0 unspecified atom stereocenters. The molecule has 0 amide bonds. The first-order valence-electron chi connectivity index (χ1n) is 9.26. The van der Waals surface area contributed by atoms with Crippen LogP contribution in [0.3, 0.4) is 0 Å². The number of nitrogens with zero attached hydrogens (tertiary/aromatic N) is 2. The first-order chi connectivity index (χ1) is 14.8. The number of aryl methyl sites for hydroxylation is 2. The molecule has 0 saturated heterocycles. The van der Waals surface area contributed by atoms with E-state index in [4.69, 9.17) is 0 Å². The van der Waals surface area contributed by atoms with E-state index in [0.717, 1.165) is 0 Å². The summed E-state index contributed by atoms with van der Waals surface area (Å²) in [5, 5.41) is 2.52. The van der Waals surface area contributed by atoms with Crippen LogP contribution in [0.25, 0.3) is 33.2 Å². The van der Waals surface area contributed by atoms with Crippen molar-refractivity contribution in [2.45, 2.75) is 0 Å². The fraction of sp³-hybridized carbons (Fsp3) is 0.100. The number of fused-ring (bicyclic) bond motifs is 2. The highest BCUT2D eigenvalue weighted by Crippen LogP contribution is 2.19. The molecule has 0 atom stereocenters. The van der Waals surface area contributed by atoms with Crippen molar-refractivity contribution in [3.05, 3.63) is 72.8 Å². The van der Waals surface area contributed by atoms with E-state index in [1.54, 1.807) is 0 Å². The molecule has 2 heterocycles. The molecule has 12 heteroatoms. The van der Waals surface area contributed by atoms with Crippen LogP contribution in [0, 0.1) is 0 Å². The summed E-state index contributed by atoms with van der Waals surface area (Å²) in [6.07, 6.45) is 0. The van der Waals surface area contributed by atoms with Gasteiger partial charge in [-0.15, -0.1) is 0 Å². The standard InChI is InChI=1S/C20H18N2.2BF4/c1-21-17-9-5-3-7-15(17)11-13-19(21)20-14-12-16-8-4-6-10-18(16)22(20)2;2*2-1(3,4)5/h3-14H,1-2H3;;/q+2;2*-1. The quantitative estimate of drug-likeness (QED) is 0.190. The molecule has 0 fully saturated rings. The van der Waals surface area contributed by atoms with Crippen molar-refractivity contribution in [2.24, 2.45) is 14.1 Å². The maximum absolute atomic E-state index is 9.75. The van der Waals surface area contributed by atoms with Crippen LogP contribution in [0.15, 0.2) is 72.8 Å². The van der Waals surface area contributed by atoms with Crippen molar-refractivity contribution in [1.29, 1.82) is 0 Å². The number of aromatic nitrogens is 2. The van der Waals surface area contributed by atoms with E-state index in [1.807, 2.05) is 0 Å². The third-order valence-electron chi connectivity index (χ3n) is 4.42. The minimum Gasteiger partial charge on any atom is -0.418 e. The molecule has 0 spiro atoms. The van der Waals surface area contributed by atoms with Crippen LogP contribution in [0.2, 0.25) is 0 Å². The van der Waals surface area contributed by atoms with Crippen LogP contribution >= 0.6 is 0 Å². The fourth-order valence-corrected chi connectivity index (χ4v) is 3.20. The van der Waals surface area contributed by atoms with Crippen LogP contribution in [0.1, 0.15) is 0 Å². The van der Waals surface area contributed by atoms with Crippen molar-refractivity contribution in [3.8, 4) is 11.4 Å². The molecular formula is C20H18B2F8N2. The third kappa shape index (κ3) is 7.51. The number of rotatable bonds is 1. The predicted octanol–water partition coefficient (Wildman–Crippen LogP) is 5.91. The molecule has 0 saturated carbocycles. The molecule has 2 aromatic heterocycles. The first kappa shape index (κ1) is 25.1. The van der Waals surface area contributed by atoms with Crippen LogP contribution in [0.4, 0.5) is 34.5 Å². The molecule has 2 nitrogen and oxygen atoms in total. The maximum atomic E-state index is 9.75. The number of benzene rings is 2. The molecule has 0 bridgehead atoms. The van der Waals surface area contributed by atoms with Crippen LogP contribution in [0.5, 0.6) is 0 Å². The van der Waals surface area contributed by atoms with Crippen LogP contribution in [-0.2, 0) is 14.1 Å². The molecular weight excluding hydrogens is 442 g/mol. The van der Waals surface area contributed by atoms with E-state index in [2.05, 4.69) is 96.0 Å². The van der Waals surface area contributed by atoms with Gasteiger partial charge in [0.1, 0.15) is 14.1 Å². The smallest absolute Gasteiger partial charge is 0.418 e. The van der Waals surface area contributed by atoms with Crippen LogP contribution in [-0.4, -0.2) is 14.5 Å². The van der Waals surface area contributed by atoms with Crippen LogP contribution < -0.4 is 9.13 Å². The van der Waals surface area contributed by atoms with Gasteiger partial charge in [-0.25, -0.2) is 0 Å². The Morgan fingerprint density at radius 1 is 0.469 bits per heavy atom. The number of pyridine rings is 2. The molecule has 2 aromatic carbocycles.